The molecule has 4 nitrogen and oxygen atoms in total. The van der Waals surface area contributed by atoms with Gasteiger partial charge in [0.15, 0.2) is 6.10 Å². The predicted molar refractivity (Wildman–Crippen MR) is 93.9 cm³/mol. The first-order valence-corrected chi connectivity index (χ1v) is 8.76. The molecular formula is C19H30N2O2. The molecule has 0 unspecified atom stereocenters. The van der Waals surface area contributed by atoms with Gasteiger partial charge in [-0.2, -0.15) is 0 Å². The Morgan fingerprint density at radius 2 is 2.00 bits per heavy atom. The van der Waals surface area contributed by atoms with Crippen molar-refractivity contribution in [1.29, 1.82) is 0 Å². The summed E-state index contributed by atoms with van der Waals surface area (Å²) in [5.74, 6) is 0.741. The second-order valence-corrected chi connectivity index (χ2v) is 6.63. The molecule has 0 aromatic heterocycles. The van der Waals surface area contributed by atoms with Crippen LogP contribution in [0.4, 0.5) is 0 Å². The number of carbonyl (C=O) groups is 1. The van der Waals surface area contributed by atoms with Gasteiger partial charge >= 0.3 is 0 Å². The summed E-state index contributed by atoms with van der Waals surface area (Å²) in [6, 6.07) is 6.22. The maximum Gasteiger partial charge on any atom is 0.260 e. The molecule has 128 valence electrons. The van der Waals surface area contributed by atoms with Gasteiger partial charge in [-0.1, -0.05) is 13.0 Å². The van der Waals surface area contributed by atoms with Crippen LogP contribution in [0.3, 0.4) is 0 Å². The highest BCUT2D eigenvalue weighted by molar-refractivity contribution is 5.81. The summed E-state index contributed by atoms with van der Waals surface area (Å²) in [6.45, 7) is 11.5. The Bertz CT molecular complexity index is 522. The molecule has 1 atom stereocenters. The molecule has 1 aromatic carbocycles. The third-order valence-electron chi connectivity index (χ3n) is 4.63. The van der Waals surface area contributed by atoms with Gasteiger partial charge in [0, 0.05) is 19.1 Å². The number of rotatable bonds is 6. The summed E-state index contributed by atoms with van der Waals surface area (Å²) in [4.78, 5) is 14.8. The molecule has 1 aliphatic heterocycles. The second-order valence-electron chi connectivity index (χ2n) is 6.63. The van der Waals surface area contributed by atoms with Gasteiger partial charge in [-0.25, -0.2) is 0 Å². The van der Waals surface area contributed by atoms with Crippen molar-refractivity contribution in [1.82, 2.24) is 10.2 Å². The summed E-state index contributed by atoms with van der Waals surface area (Å²) >= 11 is 0. The number of carbonyl (C=O) groups excluding carboxylic acids is 1. The lowest BCUT2D eigenvalue weighted by atomic mass is 10.0. The Morgan fingerprint density at radius 3 is 2.61 bits per heavy atom. The van der Waals surface area contributed by atoms with Crippen LogP contribution in [0.15, 0.2) is 18.2 Å². The highest BCUT2D eigenvalue weighted by Gasteiger charge is 2.23. The Balaban J connectivity index is 1.80. The number of benzene rings is 1. The molecule has 0 spiro atoms. The van der Waals surface area contributed by atoms with E-state index in [2.05, 4.69) is 31.0 Å². The first kappa shape index (κ1) is 17.8. The molecule has 2 rings (SSSR count). The van der Waals surface area contributed by atoms with Gasteiger partial charge in [0.1, 0.15) is 5.75 Å². The van der Waals surface area contributed by atoms with Crippen molar-refractivity contribution >= 4 is 5.91 Å². The average Bonchev–Trinajstić information content (AvgIpc) is 2.53. The lowest BCUT2D eigenvalue weighted by Gasteiger charge is -2.32. The van der Waals surface area contributed by atoms with Crippen LogP contribution < -0.4 is 10.1 Å². The Morgan fingerprint density at radius 1 is 1.30 bits per heavy atom. The zero-order valence-corrected chi connectivity index (χ0v) is 14.9. The van der Waals surface area contributed by atoms with Crippen LogP contribution >= 0.6 is 0 Å². The van der Waals surface area contributed by atoms with Crippen molar-refractivity contribution < 1.29 is 9.53 Å². The lowest BCUT2D eigenvalue weighted by molar-refractivity contribution is -0.128. The van der Waals surface area contributed by atoms with Gasteiger partial charge in [0.2, 0.25) is 0 Å². The van der Waals surface area contributed by atoms with Crippen LogP contribution in [-0.4, -0.2) is 42.6 Å². The molecule has 1 saturated heterocycles. The minimum Gasteiger partial charge on any atom is -0.481 e. The molecule has 1 fully saturated rings. The van der Waals surface area contributed by atoms with E-state index in [1.54, 1.807) is 0 Å². The van der Waals surface area contributed by atoms with Crippen LogP contribution in [0.5, 0.6) is 5.75 Å². The van der Waals surface area contributed by atoms with E-state index < -0.39 is 6.10 Å². The van der Waals surface area contributed by atoms with Crippen LogP contribution in [0.1, 0.15) is 44.2 Å². The number of ether oxygens (including phenoxy) is 1. The Labute approximate surface area is 140 Å². The SMILES string of the molecule is CCCN1CCC(NC(=O)[C@H](C)Oc2ccc(C)c(C)c2)CC1. The van der Waals surface area contributed by atoms with Crippen molar-refractivity contribution in [3.63, 3.8) is 0 Å². The van der Waals surface area contributed by atoms with E-state index in [0.717, 1.165) is 38.2 Å². The molecule has 23 heavy (non-hydrogen) atoms. The highest BCUT2D eigenvalue weighted by Crippen LogP contribution is 2.18. The summed E-state index contributed by atoms with van der Waals surface area (Å²) < 4.78 is 5.79. The molecule has 0 bridgehead atoms. The Hall–Kier alpha value is -1.55. The van der Waals surface area contributed by atoms with E-state index in [1.807, 2.05) is 25.1 Å². The topological polar surface area (TPSA) is 41.6 Å². The molecule has 1 aliphatic rings. The molecule has 0 radical (unpaired) electrons. The molecular weight excluding hydrogens is 288 g/mol. The quantitative estimate of drug-likeness (QED) is 0.876. The number of nitrogens with zero attached hydrogens (tertiary/aromatic N) is 1. The molecule has 4 heteroatoms. The van der Waals surface area contributed by atoms with Gasteiger partial charge < -0.3 is 15.0 Å². The normalized spacial score (nSPS) is 17.7. The van der Waals surface area contributed by atoms with Crippen molar-refractivity contribution in [2.45, 2.75) is 59.1 Å². The smallest absolute Gasteiger partial charge is 0.260 e. The largest absolute Gasteiger partial charge is 0.481 e. The van der Waals surface area contributed by atoms with Crippen LogP contribution in [0, 0.1) is 13.8 Å². The number of amides is 1. The highest BCUT2D eigenvalue weighted by atomic mass is 16.5. The van der Waals surface area contributed by atoms with E-state index in [0.29, 0.717) is 0 Å². The minimum absolute atomic E-state index is 0.0165. The van der Waals surface area contributed by atoms with Gasteiger partial charge in [-0.15, -0.1) is 0 Å². The molecule has 1 N–H and O–H groups in total. The number of likely N-dealkylation sites (tertiary alicyclic amines) is 1. The van der Waals surface area contributed by atoms with E-state index in [9.17, 15) is 4.79 Å². The van der Waals surface area contributed by atoms with Gasteiger partial charge in [0.25, 0.3) is 5.91 Å². The molecule has 0 aliphatic carbocycles. The number of hydrogen-bond donors (Lipinski definition) is 1. The van der Waals surface area contributed by atoms with Crippen LogP contribution in [0.2, 0.25) is 0 Å². The number of hydrogen-bond acceptors (Lipinski definition) is 3. The summed E-state index contributed by atoms with van der Waals surface area (Å²) in [5.41, 5.74) is 2.41. The van der Waals surface area contributed by atoms with Gasteiger partial charge in [-0.05, 0) is 69.8 Å². The van der Waals surface area contributed by atoms with Crippen molar-refractivity contribution in [2.75, 3.05) is 19.6 Å². The molecule has 1 heterocycles. The molecule has 1 aromatic rings. The molecule has 1 amide bonds. The fourth-order valence-corrected chi connectivity index (χ4v) is 2.98. The van der Waals surface area contributed by atoms with Crippen molar-refractivity contribution in [2.24, 2.45) is 0 Å². The monoisotopic (exact) mass is 318 g/mol. The van der Waals surface area contributed by atoms with Gasteiger partial charge in [-0.3, -0.25) is 4.79 Å². The fourth-order valence-electron chi connectivity index (χ4n) is 2.98. The van der Waals surface area contributed by atoms with E-state index >= 15 is 0 Å². The zero-order valence-electron chi connectivity index (χ0n) is 14.9. The van der Waals surface area contributed by atoms with E-state index in [-0.39, 0.29) is 11.9 Å². The first-order chi connectivity index (χ1) is 11.0. The average molecular weight is 318 g/mol. The van der Waals surface area contributed by atoms with E-state index in [4.69, 9.17) is 4.74 Å². The first-order valence-electron chi connectivity index (χ1n) is 8.76. The minimum atomic E-state index is -0.467. The van der Waals surface area contributed by atoms with Crippen LogP contribution in [0.25, 0.3) is 0 Å². The van der Waals surface area contributed by atoms with Crippen molar-refractivity contribution in [3.05, 3.63) is 29.3 Å². The predicted octanol–water partition coefficient (Wildman–Crippen LogP) is 3.06. The third kappa shape index (κ3) is 5.24. The fraction of sp³-hybridized carbons (Fsp3) is 0.632. The zero-order chi connectivity index (χ0) is 16.8. The maximum absolute atomic E-state index is 12.3. The summed E-state index contributed by atoms with van der Waals surface area (Å²) in [5, 5.41) is 3.14. The summed E-state index contributed by atoms with van der Waals surface area (Å²) in [6.07, 6.45) is 2.79. The third-order valence-corrected chi connectivity index (χ3v) is 4.63. The van der Waals surface area contributed by atoms with Crippen molar-refractivity contribution in [3.8, 4) is 5.75 Å². The number of nitrogens with one attached hydrogen (secondary N) is 1. The van der Waals surface area contributed by atoms with E-state index in [1.165, 1.54) is 17.5 Å². The lowest BCUT2D eigenvalue weighted by Crippen LogP contribution is -2.48. The summed E-state index contributed by atoms with van der Waals surface area (Å²) in [7, 11) is 0. The Kier molecular flexibility index (Phi) is 6.46. The van der Waals surface area contributed by atoms with Crippen LogP contribution in [-0.2, 0) is 4.79 Å². The standard InChI is InChI=1S/C19H30N2O2/c1-5-10-21-11-8-17(9-12-21)20-19(22)16(4)23-18-7-6-14(2)15(3)13-18/h6-7,13,16-17H,5,8-12H2,1-4H3,(H,20,22)/t16-/m0/s1. The second kappa shape index (κ2) is 8.34. The van der Waals surface area contributed by atoms with Gasteiger partial charge in [0.05, 0.1) is 0 Å². The number of aryl methyl sites for hydroxylation is 2. The number of piperidine rings is 1. The molecule has 0 saturated carbocycles. The maximum atomic E-state index is 12.3.